The molecule has 1 aromatic heterocycles. The molecule has 0 unspecified atom stereocenters. The fourth-order valence-corrected chi connectivity index (χ4v) is 2.92. The Kier molecular flexibility index (Phi) is 5.88. The standard InChI is InChI=1S/C14H15BrN2O2S/c15-11-8-13(20-10-11)9-17-14(18)16-6-7-19-12-4-2-1-3-5-12/h1-5,8,10H,6-7,9H2,(H2,16,17,18). The highest BCUT2D eigenvalue weighted by molar-refractivity contribution is 9.10. The topological polar surface area (TPSA) is 50.4 Å². The summed E-state index contributed by atoms with van der Waals surface area (Å²) in [6.45, 7) is 1.44. The number of rotatable bonds is 6. The van der Waals surface area contributed by atoms with E-state index in [1.165, 1.54) is 0 Å². The van der Waals surface area contributed by atoms with E-state index in [-0.39, 0.29) is 6.03 Å². The van der Waals surface area contributed by atoms with Crippen molar-refractivity contribution >= 4 is 33.3 Å². The number of benzene rings is 1. The highest BCUT2D eigenvalue weighted by Gasteiger charge is 2.02. The van der Waals surface area contributed by atoms with Crippen LogP contribution >= 0.6 is 27.3 Å². The summed E-state index contributed by atoms with van der Waals surface area (Å²) in [5.74, 6) is 0.804. The van der Waals surface area contributed by atoms with Gasteiger partial charge in [0.25, 0.3) is 0 Å². The molecule has 0 saturated heterocycles. The molecule has 0 atom stereocenters. The van der Waals surface area contributed by atoms with Gasteiger partial charge in [0.1, 0.15) is 12.4 Å². The Morgan fingerprint density at radius 2 is 2.05 bits per heavy atom. The van der Waals surface area contributed by atoms with Crippen LogP contribution in [0.15, 0.2) is 46.3 Å². The normalized spacial score (nSPS) is 10.1. The summed E-state index contributed by atoms with van der Waals surface area (Å²) in [4.78, 5) is 12.7. The molecule has 0 bridgehead atoms. The van der Waals surface area contributed by atoms with Gasteiger partial charge in [0.2, 0.25) is 0 Å². The smallest absolute Gasteiger partial charge is 0.315 e. The summed E-state index contributed by atoms with van der Waals surface area (Å²) >= 11 is 4.98. The van der Waals surface area contributed by atoms with Crippen molar-refractivity contribution in [2.24, 2.45) is 0 Å². The van der Waals surface area contributed by atoms with Gasteiger partial charge < -0.3 is 15.4 Å². The van der Waals surface area contributed by atoms with Gasteiger partial charge in [-0.15, -0.1) is 11.3 Å². The fraction of sp³-hybridized carbons (Fsp3) is 0.214. The summed E-state index contributed by atoms with van der Waals surface area (Å²) < 4.78 is 6.51. The zero-order valence-electron chi connectivity index (χ0n) is 10.8. The summed E-state index contributed by atoms with van der Waals surface area (Å²) in [7, 11) is 0. The molecule has 6 heteroatoms. The number of amides is 2. The average Bonchev–Trinajstić information content (AvgIpc) is 2.88. The van der Waals surface area contributed by atoms with Crippen LogP contribution in [0.5, 0.6) is 5.75 Å². The minimum absolute atomic E-state index is 0.189. The van der Waals surface area contributed by atoms with Crippen LogP contribution in [-0.2, 0) is 6.54 Å². The van der Waals surface area contributed by atoms with Crippen molar-refractivity contribution in [3.05, 3.63) is 51.1 Å². The third kappa shape index (κ3) is 5.22. The number of hydrogen-bond acceptors (Lipinski definition) is 3. The maximum atomic E-state index is 11.5. The zero-order valence-corrected chi connectivity index (χ0v) is 13.2. The third-order valence-corrected chi connectivity index (χ3v) is 4.14. The molecule has 2 rings (SSSR count). The van der Waals surface area contributed by atoms with Crippen molar-refractivity contribution in [3.63, 3.8) is 0 Å². The number of hydrogen-bond donors (Lipinski definition) is 2. The lowest BCUT2D eigenvalue weighted by Crippen LogP contribution is -2.37. The lowest BCUT2D eigenvalue weighted by Gasteiger charge is -2.08. The molecule has 1 heterocycles. The second-order valence-electron chi connectivity index (χ2n) is 4.00. The van der Waals surface area contributed by atoms with Crippen molar-refractivity contribution < 1.29 is 9.53 Å². The monoisotopic (exact) mass is 354 g/mol. The predicted octanol–water partition coefficient (Wildman–Crippen LogP) is 3.39. The van der Waals surface area contributed by atoms with Crippen molar-refractivity contribution in [2.75, 3.05) is 13.2 Å². The largest absolute Gasteiger partial charge is 0.492 e. The lowest BCUT2D eigenvalue weighted by molar-refractivity contribution is 0.236. The summed E-state index contributed by atoms with van der Waals surface area (Å²) in [6, 6.07) is 11.3. The molecule has 1 aromatic carbocycles. The van der Waals surface area contributed by atoms with Gasteiger partial charge in [-0.05, 0) is 34.1 Å². The quantitative estimate of drug-likeness (QED) is 0.781. The SMILES string of the molecule is O=C(NCCOc1ccccc1)NCc1cc(Br)cs1. The van der Waals surface area contributed by atoms with E-state index in [4.69, 9.17) is 4.74 Å². The molecule has 0 aliphatic rings. The third-order valence-electron chi connectivity index (χ3n) is 2.44. The van der Waals surface area contributed by atoms with Crippen LogP contribution in [-0.4, -0.2) is 19.2 Å². The van der Waals surface area contributed by atoms with Gasteiger partial charge in [-0.1, -0.05) is 18.2 Å². The number of para-hydroxylation sites is 1. The Labute approximate surface area is 130 Å². The number of halogens is 1. The number of carbonyl (C=O) groups is 1. The minimum atomic E-state index is -0.189. The molecule has 4 nitrogen and oxygen atoms in total. The van der Waals surface area contributed by atoms with Gasteiger partial charge in [-0.25, -0.2) is 4.79 Å². The second-order valence-corrected chi connectivity index (χ2v) is 5.91. The van der Waals surface area contributed by atoms with E-state index in [1.54, 1.807) is 11.3 Å². The van der Waals surface area contributed by atoms with Crippen molar-refractivity contribution in [1.82, 2.24) is 10.6 Å². The highest BCUT2D eigenvalue weighted by Crippen LogP contribution is 2.19. The van der Waals surface area contributed by atoms with Gasteiger partial charge in [0.05, 0.1) is 13.1 Å². The Bertz CT molecular complexity index is 545. The molecular formula is C14H15BrN2O2S. The van der Waals surface area contributed by atoms with E-state index in [1.807, 2.05) is 41.8 Å². The average molecular weight is 355 g/mol. The lowest BCUT2D eigenvalue weighted by atomic mass is 10.3. The molecule has 0 radical (unpaired) electrons. The van der Waals surface area contributed by atoms with E-state index in [0.717, 1.165) is 15.1 Å². The van der Waals surface area contributed by atoms with Crippen LogP contribution in [0.25, 0.3) is 0 Å². The van der Waals surface area contributed by atoms with Crippen LogP contribution in [0.3, 0.4) is 0 Å². The van der Waals surface area contributed by atoms with Crippen LogP contribution in [0.1, 0.15) is 4.88 Å². The Morgan fingerprint density at radius 3 is 2.75 bits per heavy atom. The number of ether oxygens (including phenoxy) is 1. The molecule has 0 aliphatic carbocycles. The Balaban J connectivity index is 1.58. The number of thiophene rings is 1. The van der Waals surface area contributed by atoms with E-state index < -0.39 is 0 Å². The molecule has 0 saturated carbocycles. The Hall–Kier alpha value is -1.53. The molecular weight excluding hydrogens is 340 g/mol. The van der Waals surface area contributed by atoms with Gasteiger partial charge in [0.15, 0.2) is 0 Å². The van der Waals surface area contributed by atoms with Crippen LogP contribution in [0.2, 0.25) is 0 Å². The highest BCUT2D eigenvalue weighted by atomic mass is 79.9. The minimum Gasteiger partial charge on any atom is -0.492 e. The van der Waals surface area contributed by atoms with Gasteiger partial charge in [-0.2, -0.15) is 0 Å². The summed E-state index contributed by atoms with van der Waals surface area (Å²) in [6.07, 6.45) is 0. The first-order valence-electron chi connectivity index (χ1n) is 6.16. The first-order valence-corrected chi connectivity index (χ1v) is 7.84. The van der Waals surface area contributed by atoms with Crippen LogP contribution in [0, 0.1) is 0 Å². The number of nitrogens with one attached hydrogen (secondary N) is 2. The molecule has 2 amide bonds. The summed E-state index contributed by atoms with van der Waals surface area (Å²) in [5, 5.41) is 7.53. The number of carbonyl (C=O) groups excluding carboxylic acids is 1. The maximum absolute atomic E-state index is 11.5. The zero-order chi connectivity index (χ0) is 14.2. The van der Waals surface area contributed by atoms with Crippen molar-refractivity contribution in [1.29, 1.82) is 0 Å². The predicted molar refractivity (Wildman–Crippen MR) is 84.2 cm³/mol. The molecule has 2 aromatic rings. The van der Waals surface area contributed by atoms with E-state index >= 15 is 0 Å². The first kappa shape index (κ1) is 14.9. The van der Waals surface area contributed by atoms with Gasteiger partial charge in [0, 0.05) is 14.7 Å². The molecule has 0 spiro atoms. The fourth-order valence-electron chi connectivity index (χ4n) is 1.53. The number of urea groups is 1. The molecule has 0 aliphatic heterocycles. The van der Waals surface area contributed by atoms with Crippen LogP contribution < -0.4 is 15.4 Å². The van der Waals surface area contributed by atoms with Crippen LogP contribution in [0.4, 0.5) is 4.79 Å². The van der Waals surface area contributed by atoms with Crippen molar-refractivity contribution in [2.45, 2.75) is 6.54 Å². The molecule has 106 valence electrons. The first-order chi connectivity index (χ1) is 9.74. The van der Waals surface area contributed by atoms with E-state index in [0.29, 0.717) is 19.7 Å². The van der Waals surface area contributed by atoms with Gasteiger partial charge >= 0.3 is 6.03 Å². The molecule has 20 heavy (non-hydrogen) atoms. The maximum Gasteiger partial charge on any atom is 0.315 e. The van der Waals surface area contributed by atoms with Gasteiger partial charge in [-0.3, -0.25) is 0 Å². The Morgan fingerprint density at radius 1 is 1.25 bits per heavy atom. The second kappa shape index (κ2) is 7.91. The summed E-state index contributed by atoms with van der Waals surface area (Å²) in [5.41, 5.74) is 0. The molecule has 0 fully saturated rings. The van der Waals surface area contributed by atoms with Crippen molar-refractivity contribution in [3.8, 4) is 5.75 Å². The molecule has 2 N–H and O–H groups in total. The van der Waals surface area contributed by atoms with E-state index in [2.05, 4.69) is 26.6 Å². The van der Waals surface area contributed by atoms with E-state index in [9.17, 15) is 4.79 Å².